The molecule has 0 spiro atoms. The Bertz CT molecular complexity index is 1430. The molecule has 37 heavy (non-hydrogen) atoms. The van der Waals surface area contributed by atoms with Crippen LogP contribution >= 0.6 is 0 Å². The Morgan fingerprint density at radius 2 is 1.62 bits per heavy atom. The highest BCUT2D eigenvalue weighted by Crippen LogP contribution is 2.40. The first kappa shape index (κ1) is 24.3. The van der Waals surface area contributed by atoms with Crippen LogP contribution in [-0.4, -0.2) is 50.8 Å². The molecule has 7 heteroatoms. The van der Waals surface area contributed by atoms with Gasteiger partial charge < -0.3 is 28.8 Å². The van der Waals surface area contributed by atoms with E-state index < -0.39 is 0 Å². The van der Waals surface area contributed by atoms with Crippen LogP contribution in [0.5, 0.6) is 23.0 Å². The lowest BCUT2D eigenvalue weighted by Gasteiger charge is -2.35. The van der Waals surface area contributed by atoms with Crippen LogP contribution in [-0.2, 0) is 11.2 Å². The van der Waals surface area contributed by atoms with Gasteiger partial charge in [-0.1, -0.05) is 30.3 Å². The molecule has 0 bridgehead atoms. The molecule has 0 fully saturated rings. The number of carbonyl (C=O) groups is 1. The van der Waals surface area contributed by atoms with Crippen LogP contribution in [0.4, 0.5) is 0 Å². The van der Waals surface area contributed by atoms with Gasteiger partial charge in [-0.25, -0.2) is 0 Å². The zero-order chi connectivity index (χ0) is 25.9. The van der Waals surface area contributed by atoms with Crippen LogP contribution in [0.2, 0.25) is 0 Å². The summed E-state index contributed by atoms with van der Waals surface area (Å²) in [5.74, 6) is 2.27. The predicted molar refractivity (Wildman–Crippen MR) is 144 cm³/mol. The fourth-order valence-corrected chi connectivity index (χ4v) is 5.07. The number of rotatable bonds is 7. The molecule has 7 nitrogen and oxygen atoms in total. The minimum absolute atomic E-state index is 0.0844. The number of aromatic amines is 1. The maximum atomic E-state index is 13.6. The minimum Gasteiger partial charge on any atom is -0.497 e. The van der Waals surface area contributed by atoms with Gasteiger partial charge in [0, 0.05) is 29.2 Å². The lowest BCUT2D eigenvalue weighted by Crippen LogP contribution is -2.39. The average molecular weight is 499 g/mol. The van der Waals surface area contributed by atoms with Gasteiger partial charge in [0.15, 0.2) is 11.5 Å². The number of nitrogens with one attached hydrogen (secondary N) is 1. The van der Waals surface area contributed by atoms with Crippen molar-refractivity contribution in [3.8, 4) is 23.0 Å². The van der Waals surface area contributed by atoms with Gasteiger partial charge in [0.05, 0.1) is 34.5 Å². The summed E-state index contributed by atoms with van der Waals surface area (Å²) in [7, 11) is 6.35. The molecular formula is C30H30N2O5. The van der Waals surface area contributed by atoms with Crippen LogP contribution in [0.25, 0.3) is 17.0 Å². The largest absolute Gasteiger partial charge is 0.497 e. The zero-order valence-corrected chi connectivity index (χ0v) is 21.4. The monoisotopic (exact) mass is 498 g/mol. The number of hydrogen-bond donors (Lipinski definition) is 1. The number of benzene rings is 3. The Morgan fingerprint density at radius 3 is 2.27 bits per heavy atom. The second-order valence-corrected chi connectivity index (χ2v) is 8.81. The highest BCUT2D eigenvalue weighted by Gasteiger charge is 2.33. The summed E-state index contributed by atoms with van der Waals surface area (Å²) in [4.78, 5) is 19.2. The summed E-state index contributed by atoms with van der Waals surface area (Å²) in [6.07, 6.45) is 4.15. The summed E-state index contributed by atoms with van der Waals surface area (Å²) in [5, 5.41) is 1.20. The van der Waals surface area contributed by atoms with Gasteiger partial charge >= 0.3 is 0 Å². The van der Waals surface area contributed by atoms with Gasteiger partial charge in [-0.3, -0.25) is 4.79 Å². The number of methoxy groups -OCH3 is 4. The number of para-hydroxylation sites is 1. The van der Waals surface area contributed by atoms with Crippen molar-refractivity contribution in [1.82, 2.24) is 9.88 Å². The molecule has 2 heterocycles. The maximum absolute atomic E-state index is 13.6. The molecule has 0 saturated heterocycles. The first-order chi connectivity index (χ1) is 18.1. The van der Waals surface area contributed by atoms with Crippen LogP contribution in [0.3, 0.4) is 0 Å². The molecule has 0 aliphatic carbocycles. The Hall–Kier alpha value is -4.39. The van der Waals surface area contributed by atoms with Crippen molar-refractivity contribution in [2.45, 2.75) is 12.5 Å². The van der Waals surface area contributed by atoms with Gasteiger partial charge in [-0.15, -0.1) is 0 Å². The highest BCUT2D eigenvalue weighted by molar-refractivity contribution is 5.93. The lowest BCUT2D eigenvalue weighted by atomic mass is 9.92. The third kappa shape index (κ3) is 4.48. The van der Waals surface area contributed by atoms with E-state index >= 15 is 0 Å². The summed E-state index contributed by atoms with van der Waals surface area (Å²) >= 11 is 0. The number of aromatic nitrogens is 1. The Labute approximate surface area is 216 Å². The molecule has 0 unspecified atom stereocenters. The number of H-pyrrole nitrogens is 1. The van der Waals surface area contributed by atoms with Crippen LogP contribution in [0, 0.1) is 0 Å². The second-order valence-electron chi connectivity index (χ2n) is 8.81. The molecule has 0 radical (unpaired) electrons. The molecule has 5 rings (SSSR count). The van der Waals surface area contributed by atoms with E-state index in [1.807, 2.05) is 47.4 Å². The fraction of sp³-hybridized carbons (Fsp3) is 0.233. The van der Waals surface area contributed by atoms with Gasteiger partial charge in [-0.05, 0) is 59.5 Å². The topological polar surface area (TPSA) is 73.0 Å². The molecule has 1 aliphatic rings. The molecule has 1 aliphatic heterocycles. The first-order valence-corrected chi connectivity index (χ1v) is 12.1. The van der Waals surface area contributed by atoms with Gasteiger partial charge in [0.1, 0.15) is 5.75 Å². The first-order valence-electron chi connectivity index (χ1n) is 12.1. The van der Waals surface area contributed by atoms with E-state index in [1.54, 1.807) is 40.6 Å². The molecule has 4 aromatic rings. The van der Waals surface area contributed by atoms with Crippen molar-refractivity contribution in [2.24, 2.45) is 0 Å². The third-order valence-corrected chi connectivity index (χ3v) is 6.85. The molecule has 1 amide bonds. The number of hydrogen-bond acceptors (Lipinski definition) is 5. The summed E-state index contributed by atoms with van der Waals surface area (Å²) < 4.78 is 21.7. The van der Waals surface area contributed by atoms with Crippen LogP contribution < -0.4 is 18.9 Å². The Balaban J connectivity index is 1.52. The van der Waals surface area contributed by atoms with E-state index in [9.17, 15) is 4.79 Å². The second kappa shape index (κ2) is 10.3. The van der Waals surface area contributed by atoms with Crippen molar-refractivity contribution in [3.05, 3.63) is 89.1 Å². The van der Waals surface area contributed by atoms with Crippen molar-refractivity contribution >= 4 is 22.9 Å². The maximum Gasteiger partial charge on any atom is 0.247 e. The van der Waals surface area contributed by atoms with E-state index in [1.165, 1.54) is 10.9 Å². The van der Waals surface area contributed by atoms with Crippen molar-refractivity contribution in [2.75, 3.05) is 35.0 Å². The molecule has 3 aromatic carbocycles. The number of carbonyl (C=O) groups excluding carboxylic acids is 1. The van der Waals surface area contributed by atoms with E-state index in [0.717, 1.165) is 34.5 Å². The predicted octanol–water partition coefficient (Wildman–Crippen LogP) is 5.39. The summed E-state index contributed by atoms with van der Waals surface area (Å²) in [6.45, 7) is 0.601. The highest BCUT2D eigenvalue weighted by atomic mass is 16.5. The van der Waals surface area contributed by atoms with Crippen molar-refractivity contribution in [3.63, 3.8) is 0 Å². The quantitative estimate of drug-likeness (QED) is 0.346. The van der Waals surface area contributed by atoms with Crippen molar-refractivity contribution < 1.29 is 23.7 Å². The molecule has 1 atom stereocenters. The number of ether oxygens (including phenoxy) is 4. The minimum atomic E-state index is -0.251. The standard InChI is InChI=1S/C30H30N2O5/c1-34-21-12-10-20(11-13-21)29-28-23(22-7-5-6-8-24(22)31-28)15-16-32(29)27(33)14-9-19-17-25(35-2)30(37-4)26(18-19)36-3/h5-14,17-18,29,31H,15-16H2,1-4H3/b14-9+/t29-/m0/s1. The Kier molecular flexibility index (Phi) is 6.77. The zero-order valence-electron chi connectivity index (χ0n) is 21.4. The summed E-state index contributed by atoms with van der Waals surface area (Å²) in [6, 6.07) is 19.6. The number of fused-ring (bicyclic) bond motifs is 3. The smallest absolute Gasteiger partial charge is 0.247 e. The SMILES string of the molecule is COc1ccc([C@H]2c3[nH]c4ccccc4c3CCN2C(=O)/C=C/c2cc(OC)c(OC)c(OC)c2)cc1. The van der Waals surface area contributed by atoms with Crippen molar-refractivity contribution in [1.29, 1.82) is 0 Å². The van der Waals surface area contributed by atoms with E-state index in [2.05, 4.69) is 23.2 Å². The van der Waals surface area contributed by atoms with Gasteiger partial charge in [-0.2, -0.15) is 0 Å². The Morgan fingerprint density at radius 1 is 0.919 bits per heavy atom. The number of amides is 1. The molecule has 190 valence electrons. The average Bonchev–Trinajstić information content (AvgIpc) is 3.33. The third-order valence-electron chi connectivity index (χ3n) is 6.85. The summed E-state index contributed by atoms with van der Waals surface area (Å²) in [5.41, 5.74) is 5.17. The normalized spacial score (nSPS) is 15.0. The van der Waals surface area contributed by atoms with Crippen LogP contribution in [0.1, 0.15) is 28.4 Å². The van der Waals surface area contributed by atoms with E-state index in [0.29, 0.717) is 23.8 Å². The number of nitrogens with zero attached hydrogens (tertiary/aromatic N) is 1. The lowest BCUT2D eigenvalue weighted by molar-refractivity contribution is -0.128. The van der Waals surface area contributed by atoms with Gasteiger partial charge in [0.25, 0.3) is 0 Å². The fourth-order valence-electron chi connectivity index (χ4n) is 5.07. The van der Waals surface area contributed by atoms with Gasteiger partial charge in [0.2, 0.25) is 11.7 Å². The molecule has 1 N–H and O–H groups in total. The van der Waals surface area contributed by atoms with Crippen LogP contribution in [0.15, 0.2) is 66.7 Å². The van der Waals surface area contributed by atoms with E-state index in [4.69, 9.17) is 18.9 Å². The molecule has 0 saturated carbocycles. The van der Waals surface area contributed by atoms with E-state index in [-0.39, 0.29) is 11.9 Å². The molecular weight excluding hydrogens is 468 g/mol. The molecule has 1 aromatic heterocycles.